The Labute approximate surface area is 155 Å². The molecule has 0 aliphatic carbocycles. The van der Waals surface area contributed by atoms with Crippen LogP contribution in [0.2, 0.25) is 0 Å². The highest BCUT2D eigenvalue weighted by atomic mass is 16.6. The van der Waals surface area contributed by atoms with Crippen molar-refractivity contribution < 1.29 is 9.84 Å². The van der Waals surface area contributed by atoms with Gasteiger partial charge in [0.2, 0.25) is 0 Å². The minimum absolute atomic E-state index is 0.661. The van der Waals surface area contributed by atoms with E-state index >= 15 is 0 Å². The predicted octanol–water partition coefficient (Wildman–Crippen LogP) is 5.77. The largest absolute Gasteiger partial charge is 0.465 e. The molecule has 0 radical (unpaired) electrons. The third-order valence-corrected chi connectivity index (χ3v) is 4.29. The first-order chi connectivity index (χ1) is 12.7. The molecule has 0 bridgehead atoms. The van der Waals surface area contributed by atoms with Gasteiger partial charge in [-0.15, -0.1) is 0 Å². The fourth-order valence-electron chi connectivity index (χ4n) is 3.18. The van der Waals surface area contributed by atoms with E-state index in [1.807, 2.05) is 24.3 Å². The quantitative estimate of drug-likeness (QED) is 0.454. The summed E-state index contributed by atoms with van der Waals surface area (Å²) in [5, 5.41) is 9.41. The highest BCUT2D eigenvalue weighted by molar-refractivity contribution is 5.98. The van der Waals surface area contributed by atoms with Crippen LogP contribution in [0.15, 0.2) is 84.9 Å². The first kappa shape index (κ1) is 18.0. The van der Waals surface area contributed by atoms with Crippen LogP contribution < -0.4 is 4.74 Å². The predicted molar refractivity (Wildman–Crippen MR) is 108 cm³/mol. The SMILES string of the molecule is CC/C(=C(\c1ccccc1)c1ccc(OC(C)O)cc1)c1ccccc1. The van der Waals surface area contributed by atoms with E-state index in [1.165, 1.54) is 22.3 Å². The molecule has 0 aliphatic heterocycles. The second kappa shape index (κ2) is 8.50. The zero-order chi connectivity index (χ0) is 18.4. The zero-order valence-electron chi connectivity index (χ0n) is 15.2. The van der Waals surface area contributed by atoms with Crippen molar-refractivity contribution in [3.05, 3.63) is 102 Å². The number of hydrogen-bond acceptors (Lipinski definition) is 2. The molecule has 3 rings (SSSR count). The van der Waals surface area contributed by atoms with Crippen LogP contribution >= 0.6 is 0 Å². The summed E-state index contributed by atoms with van der Waals surface area (Å²) in [5.74, 6) is 0.661. The summed E-state index contributed by atoms with van der Waals surface area (Å²) in [5.41, 5.74) is 6.09. The van der Waals surface area contributed by atoms with E-state index < -0.39 is 6.29 Å². The monoisotopic (exact) mass is 344 g/mol. The summed E-state index contributed by atoms with van der Waals surface area (Å²) in [6.45, 7) is 3.80. The Kier molecular flexibility index (Phi) is 5.88. The summed E-state index contributed by atoms with van der Waals surface area (Å²) < 4.78 is 5.37. The topological polar surface area (TPSA) is 29.5 Å². The van der Waals surface area contributed by atoms with E-state index in [-0.39, 0.29) is 0 Å². The lowest BCUT2D eigenvalue weighted by Crippen LogP contribution is -2.09. The van der Waals surface area contributed by atoms with Crippen molar-refractivity contribution in [3.63, 3.8) is 0 Å². The Morgan fingerprint density at radius 1 is 0.769 bits per heavy atom. The van der Waals surface area contributed by atoms with Gasteiger partial charge >= 0.3 is 0 Å². The van der Waals surface area contributed by atoms with Gasteiger partial charge in [-0.1, -0.05) is 79.7 Å². The van der Waals surface area contributed by atoms with Gasteiger partial charge in [0.05, 0.1) is 0 Å². The summed E-state index contributed by atoms with van der Waals surface area (Å²) in [4.78, 5) is 0. The third-order valence-electron chi connectivity index (χ3n) is 4.29. The normalized spacial score (nSPS) is 13.0. The van der Waals surface area contributed by atoms with Crippen molar-refractivity contribution in [2.24, 2.45) is 0 Å². The van der Waals surface area contributed by atoms with Crippen LogP contribution in [0.5, 0.6) is 5.75 Å². The maximum Gasteiger partial charge on any atom is 0.194 e. The minimum atomic E-state index is -0.819. The van der Waals surface area contributed by atoms with Crippen LogP contribution in [0.3, 0.4) is 0 Å². The van der Waals surface area contributed by atoms with E-state index in [9.17, 15) is 5.11 Å². The van der Waals surface area contributed by atoms with Crippen molar-refractivity contribution in [2.75, 3.05) is 0 Å². The summed E-state index contributed by atoms with van der Waals surface area (Å²) in [6, 6.07) is 28.9. The van der Waals surface area contributed by atoms with Crippen LogP contribution in [0.25, 0.3) is 11.1 Å². The van der Waals surface area contributed by atoms with Gasteiger partial charge in [-0.3, -0.25) is 0 Å². The molecule has 0 amide bonds. The molecule has 0 saturated carbocycles. The van der Waals surface area contributed by atoms with E-state index in [2.05, 4.69) is 67.6 Å². The fourth-order valence-corrected chi connectivity index (χ4v) is 3.18. The second-order valence-electron chi connectivity index (χ2n) is 6.18. The van der Waals surface area contributed by atoms with Crippen molar-refractivity contribution in [2.45, 2.75) is 26.6 Å². The first-order valence-corrected chi connectivity index (χ1v) is 8.98. The summed E-state index contributed by atoms with van der Waals surface area (Å²) >= 11 is 0. The maximum absolute atomic E-state index is 9.41. The average molecular weight is 344 g/mol. The van der Waals surface area contributed by atoms with Crippen LogP contribution in [0, 0.1) is 0 Å². The molecule has 3 aromatic carbocycles. The minimum Gasteiger partial charge on any atom is -0.465 e. The van der Waals surface area contributed by atoms with E-state index in [4.69, 9.17) is 4.74 Å². The van der Waals surface area contributed by atoms with Crippen molar-refractivity contribution >= 4 is 11.1 Å². The van der Waals surface area contributed by atoms with Gasteiger partial charge in [-0.05, 0) is 53.3 Å². The average Bonchev–Trinajstić information content (AvgIpc) is 2.68. The number of benzene rings is 3. The molecule has 0 fully saturated rings. The van der Waals surface area contributed by atoms with Crippen LogP contribution in [-0.4, -0.2) is 11.4 Å². The van der Waals surface area contributed by atoms with Gasteiger partial charge in [-0.25, -0.2) is 0 Å². The highest BCUT2D eigenvalue weighted by Crippen LogP contribution is 2.34. The Morgan fingerprint density at radius 2 is 1.27 bits per heavy atom. The standard InChI is InChI=1S/C24H24O2/c1-3-23(19-10-6-4-7-11-19)24(20-12-8-5-9-13-20)21-14-16-22(17-15-21)26-18(2)25/h4-18,25H,3H2,1-2H3/b24-23-. The van der Waals surface area contributed by atoms with Crippen molar-refractivity contribution in [3.8, 4) is 5.75 Å². The lowest BCUT2D eigenvalue weighted by Gasteiger charge is -2.17. The Hall–Kier alpha value is -2.84. The Morgan fingerprint density at radius 3 is 1.77 bits per heavy atom. The lowest BCUT2D eigenvalue weighted by molar-refractivity contribution is -0.000293. The molecule has 132 valence electrons. The second-order valence-corrected chi connectivity index (χ2v) is 6.18. The van der Waals surface area contributed by atoms with E-state index in [0.717, 1.165) is 12.0 Å². The Bertz CT molecular complexity index is 848. The van der Waals surface area contributed by atoms with Crippen molar-refractivity contribution in [1.29, 1.82) is 0 Å². The van der Waals surface area contributed by atoms with Crippen LogP contribution in [0.1, 0.15) is 37.0 Å². The van der Waals surface area contributed by atoms with E-state index in [1.54, 1.807) is 6.92 Å². The van der Waals surface area contributed by atoms with Gasteiger partial charge in [-0.2, -0.15) is 0 Å². The molecule has 2 nitrogen and oxygen atoms in total. The first-order valence-electron chi connectivity index (χ1n) is 8.98. The smallest absolute Gasteiger partial charge is 0.194 e. The number of hydrogen-bond donors (Lipinski definition) is 1. The molecule has 1 unspecified atom stereocenters. The number of aliphatic hydroxyl groups excluding tert-OH is 1. The Balaban J connectivity index is 2.14. The molecular weight excluding hydrogens is 320 g/mol. The molecule has 0 saturated heterocycles. The fraction of sp³-hybridized carbons (Fsp3) is 0.167. The molecule has 0 aromatic heterocycles. The van der Waals surface area contributed by atoms with Crippen LogP contribution in [0.4, 0.5) is 0 Å². The highest BCUT2D eigenvalue weighted by Gasteiger charge is 2.13. The van der Waals surface area contributed by atoms with Crippen LogP contribution in [-0.2, 0) is 0 Å². The maximum atomic E-state index is 9.41. The summed E-state index contributed by atoms with van der Waals surface area (Å²) in [7, 11) is 0. The number of allylic oxidation sites excluding steroid dienone is 1. The van der Waals surface area contributed by atoms with Gasteiger partial charge in [0.15, 0.2) is 6.29 Å². The third kappa shape index (κ3) is 4.22. The molecule has 1 N–H and O–H groups in total. The number of rotatable bonds is 6. The van der Waals surface area contributed by atoms with Gasteiger partial charge in [0.25, 0.3) is 0 Å². The number of aliphatic hydroxyl groups is 1. The van der Waals surface area contributed by atoms with Crippen molar-refractivity contribution in [1.82, 2.24) is 0 Å². The molecule has 0 spiro atoms. The molecule has 0 heterocycles. The molecular formula is C24H24O2. The molecule has 0 aliphatic rings. The van der Waals surface area contributed by atoms with E-state index in [0.29, 0.717) is 5.75 Å². The number of ether oxygens (including phenoxy) is 1. The lowest BCUT2D eigenvalue weighted by atomic mass is 9.88. The molecule has 2 heteroatoms. The van der Waals surface area contributed by atoms with Gasteiger partial charge in [0.1, 0.15) is 5.75 Å². The molecule has 1 atom stereocenters. The molecule has 3 aromatic rings. The molecule has 26 heavy (non-hydrogen) atoms. The van der Waals surface area contributed by atoms with Gasteiger partial charge in [0, 0.05) is 0 Å². The van der Waals surface area contributed by atoms with Gasteiger partial charge < -0.3 is 9.84 Å². The zero-order valence-corrected chi connectivity index (χ0v) is 15.2. The summed E-state index contributed by atoms with van der Waals surface area (Å²) in [6.07, 6.45) is 0.112.